The summed E-state index contributed by atoms with van der Waals surface area (Å²) in [5.41, 5.74) is 2.78. The smallest absolute Gasteiger partial charge is 0.320 e. The number of thiophene rings is 1. The Morgan fingerprint density at radius 3 is 2.79 bits per heavy atom. The molecule has 1 atom stereocenters. The highest BCUT2D eigenvalue weighted by Crippen LogP contribution is 2.30. The molecule has 5 heterocycles. The fourth-order valence-corrected chi connectivity index (χ4v) is 5.61. The summed E-state index contributed by atoms with van der Waals surface area (Å²) in [6.07, 6.45) is 0.804. The number of thiazole rings is 1. The number of halogens is 1. The Balaban J connectivity index is 1.34. The molecule has 0 saturated carbocycles. The normalized spacial score (nSPS) is 18.6. The largest absolute Gasteiger partial charge is 0.378 e. The monoisotopic (exact) mass is 506 g/mol. The highest BCUT2D eigenvalue weighted by Gasteiger charge is 2.33. The molecule has 2 aliphatic rings. The van der Waals surface area contributed by atoms with Gasteiger partial charge in [0.2, 0.25) is 0 Å². The number of rotatable bonds is 5. The maximum atomic E-state index is 13.1. The minimum Gasteiger partial charge on any atom is -0.378 e. The summed E-state index contributed by atoms with van der Waals surface area (Å²) in [7, 11) is 0. The minimum atomic E-state index is -0.284. The van der Waals surface area contributed by atoms with Crippen molar-refractivity contribution in [2.75, 3.05) is 44.7 Å². The van der Waals surface area contributed by atoms with Gasteiger partial charge in [-0.2, -0.15) is 9.78 Å². The van der Waals surface area contributed by atoms with Gasteiger partial charge in [0.25, 0.3) is 5.91 Å². The topological polar surface area (TPSA) is 92.6 Å². The number of nitrogens with zero attached hydrogens (tertiary/aromatic N) is 5. The van der Waals surface area contributed by atoms with Crippen molar-refractivity contribution in [2.24, 2.45) is 0 Å². The van der Waals surface area contributed by atoms with Crippen molar-refractivity contribution >= 4 is 52.0 Å². The summed E-state index contributed by atoms with van der Waals surface area (Å²) in [5, 5.41) is 9.68. The van der Waals surface area contributed by atoms with E-state index >= 15 is 0 Å². The maximum absolute atomic E-state index is 13.1. The van der Waals surface area contributed by atoms with Gasteiger partial charge >= 0.3 is 6.03 Å². The number of morpholine rings is 1. The first-order valence-electron chi connectivity index (χ1n) is 10.7. The molecule has 0 radical (unpaired) electrons. The number of aromatic nitrogens is 3. The van der Waals surface area contributed by atoms with Crippen LogP contribution in [0.5, 0.6) is 0 Å². The van der Waals surface area contributed by atoms with Crippen LogP contribution in [0.3, 0.4) is 0 Å². The van der Waals surface area contributed by atoms with Gasteiger partial charge in [0.05, 0.1) is 35.3 Å². The van der Waals surface area contributed by atoms with E-state index in [4.69, 9.17) is 16.3 Å². The predicted molar refractivity (Wildman–Crippen MR) is 127 cm³/mol. The Labute approximate surface area is 203 Å². The number of hydrogen-bond donors (Lipinski definition) is 1. The summed E-state index contributed by atoms with van der Waals surface area (Å²) in [6.45, 7) is 4.18. The number of carbonyl (C=O) groups is 2. The maximum Gasteiger partial charge on any atom is 0.320 e. The van der Waals surface area contributed by atoms with Crippen molar-refractivity contribution < 1.29 is 14.3 Å². The van der Waals surface area contributed by atoms with E-state index in [2.05, 4.69) is 15.4 Å². The number of hydrogen-bond acceptors (Lipinski definition) is 8. The molecule has 12 heteroatoms. The lowest BCUT2D eigenvalue weighted by Crippen LogP contribution is -2.47. The molecule has 3 aromatic rings. The zero-order valence-electron chi connectivity index (χ0n) is 17.8. The fraction of sp³-hybridized carbons (Fsp3) is 0.429. The minimum absolute atomic E-state index is 0.0479. The van der Waals surface area contributed by atoms with E-state index in [0.29, 0.717) is 57.4 Å². The van der Waals surface area contributed by atoms with Crippen LogP contribution < -0.4 is 5.32 Å². The lowest BCUT2D eigenvalue weighted by Gasteiger charge is -2.30. The summed E-state index contributed by atoms with van der Waals surface area (Å²) >= 11 is 8.90. The molecule has 0 bridgehead atoms. The second-order valence-electron chi connectivity index (χ2n) is 7.92. The van der Waals surface area contributed by atoms with Crippen LogP contribution in [0, 0.1) is 0 Å². The Bertz CT molecular complexity index is 1130. The van der Waals surface area contributed by atoms with Crippen LogP contribution >= 0.6 is 34.3 Å². The third kappa shape index (κ3) is 4.91. The van der Waals surface area contributed by atoms with E-state index in [-0.39, 0.29) is 17.9 Å². The Morgan fingerprint density at radius 1 is 1.21 bits per heavy atom. The second-order valence-corrected chi connectivity index (χ2v) is 10.4. The first-order valence-corrected chi connectivity index (χ1v) is 12.8. The van der Waals surface area contributed by atoms with Crippen molar-refractivity contribution in [3.63, 3.8) is 0 Å². The standard InChI is InChI=1S/C21H23ClN6O3S2/c22-18-2-1-15(33-18)10-23-19-9-16(25-28(19)20(29)17-12-32-13-24-17)14-3-4-27(11-14)21(30)26-5-7-31-8-6-26/h1-2,9,12-14,23H,3-8,10-11H2. The molecule has 1 N–H and O–H groups in total. The average molecular weight is 507 g/mol. The number of likely N-dealkylation sites (tertiary alicyclic amines) is 1. The van der Waals surface area contributed by atoms with Crippen molar-refractivity contribution in [1.29, 1.82) is 0 Å². The van der Waals surface area contributed by atoms with E-state index in [0.717, 1.165) is 21.3 Å². The second kappa shape index (κ2) is 9.80. The van der Waals surface area contributed by atoms with Gasteiger partial charge in [0.15, 0.2) is 0 Å². The number of anilines is 1. The number of nitrogens with one attached hydrogen (secondary N) is 1. The molecule has 2 aliphatic heterocycles. The lowest BCUT2D eigenvalue weighted by atomic mass is 10.1. The summed E-state index contributed by atoms with van der Waals surface area (Å²) in [4.78, 5) is 34.8. The van der Waals surface area contributed by atoms with Gasteiger partial charge < -0.3 is 19.9 Å². The van der Waals surface area contributed by atoms with Crippen molar-refractivity contribution in [3.8, 4) is 0 Å². The van der Waals surface area contributed by atoms with Gasteiger partial charge in [-0.05, 0) is 18.6 Å². The van der Waals surface area contributed by atoms with Crippen molar-refractivity contribution in [3.05, 3.63) is 49.7 Å². The summed E-state index contributed by atoms with van der Waals surface area (Å²) in [5.74, 6) is 0.384. The van der Waals surface area contributed by atoms with Gasteiger partial charge in [0.1, 0.15) is 11.5 Å². The molecule has 0 spiro atoms. The Morgan fingerprint density at radius 2 is 2.06 bits per heavy atom. The highest BCUT2D eigenvalue weighted by molar-refractivity contribution is 7.16. The van der Waals surface area contributed by atoms with Gasteiger partial charge in [-0.1, -0.05) is 11.6 Å². The fourth-order valence-electron chi connectivity index (χ4n) is 4.06. The molecule has 0 aliphatic carbocycles. The molecular formula is C21H23ClN6O3S2. The molecule has 2 fully saturated rings. The highest BCUT2D eigenvalue weighted by atomic mass is 35.5. The van der Waals surface area contributed by atoms with Gasteiger partial charge in [-0.25, -0.2) is 9.78 Å². The van der Waals surface area contributed by atoms with Crippen LogP contribution in [-0.2, 0) is 11.3 Å². The number of amides is 2. The first-order chi connectivity index (χ1) is 16.1. The van der Waals surface area contributed by atoms with E-state index in [1.165, 1.54) is 27.4 Å². The SMILES string of the molecule is O=C(N1CCOCC1)N1CCC(c2cc(NCc3ccc(Cl)s3)n(C(=O)c3cscn3)n2)C1. The van der Waals surface area contributed by atoms with Crippen LogP contribution in [0.1, 0.15) is 33.4 Å². The Kier molecular flexibility index (Phi) is 6.63. The molecule has 174 valence electrons. The molecule has 33 heavy (non-hydrogen) atoms. The molecule has 2 saturated heterocycles. The molecule has 1 unspecified atom stereocenters. The quantitative estimate of drug-likeness (QED) is 0.568. The lowest BCUT2D eigenvalue weighted by molar-refractivity contribution is 0.0450. The zero-order chi connectivity index (χ0) is 22.8. The number of urea groups is 1. The summed E-state index contributed by atoms with van der Waals surface area (Å²) < 4.78 is 7.45. The molecule has 2 amide bonds. The van der Waals surface area contributed by atoms with Crippen LogP contribution in [0.2, 0.25) is 4.34 Å². The molecule has 9 nitrogen and oxygen atoms in total. The number of carbonyl (C=O) groups excluding carboxylic acids is 2. The average Bonchev–Trinajstić information content (AvgIpc) is 3.64. The van der Waals surface area contributed by atoms with E-state index < -0.39 is 0 Å². The van der Waals surface area contributed by atoms with Gasteiger partial charge in [-0.15, -0.1) is 22.7 Å². The molecule has 3 aromatic heterocycles. The first kappa shape index (κ1) is 22.3. The Hall–Kier alpha value is -2.47. The van der Waals surface area contributed by atoms with Crippen molar-refractivity contribution in [1.82, 2.24) is 24.6 Å². The van der Waals surface area contributed by atoms with E-state index in [1.807, 2.05) is 28.0 Å². The van der Waals surface area contributed by atoms with Crippen LogP contribution in [0.25, 0.3) is 0 Å². The third-order valence-electron chi connectivity index (χ3n) is 5.80. The van der Waals surface area contributed by atoms with Gasteiger partial charge in [-0.3, -0.25) is 4.79 Å². The third-order valence-corrected chi connectivity index (χ3v) is 7.62. The number of ether oxygens (including phenoxy) is 1. The molecule has 0 aromatic carbocycles. The summed E-state index contributed by atoms with van der Waals surface area (Å²) in [6, 6.07) is 5.76. The van der Waals surface area contributed by atoms with Gasteiger partial charge in [0, 0.05) is 48.4 Å². The zero-order valence-corrected chi connectivity index (χ0v) is 20.2. The van der Waals surface area contributed by atoms with E-state index in [9.17, 15) is 9.59 Å². The predicted octanol–water partition coefficient (Wildman–Crippen LogP) is 3.60. The van der Waals surface area contributed by atoms with E-state index in [1.54, 1.807) is 10.9 Å². The molecule has 5 rings (SSSR count). The molecular weight excluding hydrogens is 484 g/mol. The van der Waals surface area contributed by atoms with Crippen LogP contribution in [0.4, 0.5) is 10.6 Å². The van der Waals surface area contributed by atoms with Crippen LogP contribution in [0.15, 0.2) is 29.1 Å². The van der Waals surface area contributed by atoms with Crippen molar-refractivity contribution in [2.45, 2.75) is 18.9 Å². The van der Waals surface area contributed by atoms with Crippen LogP contribution in [-0.4, -0.2) is 75.9 Å².